The summed E-state index contributed by atoms with van der Waals surface area (Å²) >= 11 is 2.00. The Morgan fingerprint density at radius 1 is 1.21 bits per heavy atom. The van der Waals surface area contributed by atoms with Crippen molar-refractivity contribution in [3.8, 4) is 0 Å². The Bertz CT molecular complexity index is 405. The first-order chi connectivity index (χ1) is 9.20. The van der Waals surface area contributed by atoms with Gasteiger partial charge in [-0.05, 0) is 43.7 Å². The highest BCUT2D eigenvalue weighted by atomic mass is 32.1. The maximum Gasteiger partial charge on any atom is 0.0331 e. The van der Waals surface area contributed by atoms with Gasteiger partial charge in [-0.25, -0.2) is 0 Å². The third kappa shape index (κ3) is 4.30. The molecule has 19 heavy (non-hydrogen) atoms. The van der Waals surface area contributed by atoms with Gasteiger partial charge in [0.2, 0.25) is 0 Å². The van der Waals surface area contributed by atoms with Gasteiger partial charge >= 0.3 is 0 Å². The van der Waals surface area contributed by atoms with Gasteiger partial charge in [0.1, 0.15) is 0 Å². The fourth-order valence-electron chi connectivity index (χ4n) is 2.59. The molecule has 0 radical (unpaired) electrons. The monoisotopic (exact) mass is 278 g/mol. The molecule has 0 unspecified atom stereocenters. The quantitative estimate of drug-likeness (QED) is 0.781. The number of hydrogen-bond donors (Lipinski definition) is 1. The lowest BCUT2D eigenvalue weighted by Gasteiger charge is -2.23. The lowest BCUT2D eigenvalue weighted by molar-refractivity contribution is 0.228. The zero-order valence-electron chi connectivity index (χ0n) is 12.2. The van der Waals surface area contributed by atoms with Crippen molar-refractivity contribution in [1.29, 1.82) is 0 Å². The molecule has 0 saturated heterocycles. The standard InChI is InChI=1S/C16H26N2S/c1-12(2)10-18(14-5-6-14)11-16-8-7-15(19-16)9-17-13-3-4-13/h7-8,12-14,17H,3-6,9-11H2,1-2H3. The van der Waals surface area contributed by atoms with E-state index in [9.17, 15) is 0 Å². The van der Waals surface area contributed by atoms with Crippen LogP contribution in [0.1, 0.15) is 49.3 Å². The van der Waals surface area contributed by atoms with Crippen LogP contribution in [0.4, 0.5) is 0 Å². The maximum absolute atomic E-state index is 3.60. The Morgan fingerprint density at radius 3 is 2.58 bits per heavy atom. The molecule has 0 amide bonds. The topological polar surface area (TPSA) is 15.3 Å². The Balaban J connectivity index is 1.52. The van der Waals surface area contributed by atoms with Crippen molar-refractivity contribution in [2.45, 2.75) is 64.7 Å². The van der Waals surface area contributed by atoms with Crippen LogP contribution in [0.5, 0.6) is 0 Å². The van der Waals surface area contributed by atoms with E-state index in [1.54, 1.807) is 4.88 Å². The first kappa shape index (κ1) is 13.6. The molecule has 2 aliphatic carbocycles. The summed E-state index contributed by atoms with van der Waals surface area (Å²) in [5.74, 6) is 0.775. The van der Waals surface area contributed by atoms with Crippen molar-refractivity contribution in [3.05, 3.63) is 21.9 Å². The van der Waals surface area contributed by atoms with Gasteiger partial charge in [0.05, 0.1) is 0 Å². The second-order valence-electron chi connectivity index (χ2n) is 6.58. The third-order valence-electron chi connectivity index (χ3n) is 3.88. The molecule has 1 heterocycles. The number of thiophene rings is 1. The predicted molar refractivity (Wildman–Crippen MR) is 82.5 cm³/mol. The van der Waals surface area contributed by atoms with E-state index in [0.717, 1.165) is 31.1 Å². The van der Waals surface area contributed by atoms with Gasteiger partial charge in [-0.1, -0.05) is 13.8 Å². The van der Waals surface area contributed by atoms with Gasteiger partial charge in [0, 0.05) is 41.5 Å². The number of nitrogens with zero attached hydrogens (tertiary/aromatic N) is 1. The molecule has 0 bridgehead atoms. The van der Waals surface area contributed by atoms with Crippen molar-refractivity contribution in [1.82, 2.24) is 10.2 Å². The molecule has 3 rings (SSSR count). The minimum absolute atomic E-state index is 0.775. The molecule has 0 atom stereocenters. The van der Waals surface area contributed by atoms with Crippen molar-refractivity contribution in [3.63, 3.8) is 0 Å². The molecular formula is C16H26N2S. The molecule has 1 aromatic rings. The molecule has 2 nitrogen and oxygen atoms in total. The minimum atomic E-state index is 0.775. The maximum atomic E-state index is 3.60. The Hall–Kier alpha value is -0.380. The van der Waals surface area contributed by atoms with E-state index in [1.807, 2.05) is 11.3 Å². The number of rotatable bonds is 8. The largest absolute Gasteiger partial charge is 0.309 e. The summed E-state index contributed by atoms with van der Waals surface area (Å²) < 4.78 is 0. The summed E-state index contributed by atoms with van der Waals surface area (Å²) in [6.07, 6.45) is 5.58. The first-order valence-electron chi connectivity index (χ1n) is 7.75. The van der Waals surface area contributed by atoms with Crippen LogP contribution in [0.2, 0.25) is 0 Å². The second-order valence-corrected chi connectivity index (χ2v) is 7.83. The van der Waals surface area contributed by atoms with Crippen LogP contribution in [-0.4, -0.2) is 23.5 Å². The lowest BCUT2D eigenvalue weighted by Crippen LogP contribution is -2.29. The Kier molecular flexibility index (Phi) is 4.25. The number of hydrogen-bond acceptors (Lipinski definition) is 3. The number of nitrogens with one attached hydrogen (secondary N) is 1. The zero-order valence-corrected chi connectivity index (χ0v) is 13.0. The van der Waals surface area contributed by atoms with Gasteiger partial charge in [-0.2, -0.15) is 0 Å². The highest BCUT2D eigenvalue weighted by Crippen LogP contribution is 2.30. The summed E-state index contributed by atoms with van der Waals surface area (Å²) in [4.78, 5) is 5.73. The van der Waals surface area contributed by atoms with Crippen LogP contribution >= 0.6 is 11.3 Å². The van der Waals surface area contributed by atoms with E-state index in [-0.39, 0.29) is 0 Å². The molecule has 1 aromatic heterocycles. The Morgan fingerprint density at radius 2 is 1.95 bits per heavy atom. The van der Waals surface area contributed by atoms with Gasteiger partial charge in [0.15, 0.2) is 0 Å². The predicted octanol–water partition coefficient (Wildman–Crippen LogP) is 3.62. The van der Waals surface area contributed by atoms with Crippen LogP contribution in [0.3, 0.4) is 0 Å². The summed E-state index contributed by atoms with van der Waals surface area (Å²) in [6, 6.07) is 6.34. The van der Waals surface area contributed by atoms with Crippen molar-refractivity contribution in [2.24, 2.45) is 5.92 Å². The molecule has 2 saturated carbocycles. The molecule has 1 N–H and O–H groups in total. The van der Waals surface area contributed by atoms with Crippen LogP contribution in [0.15, 0.2) is 12.1 Å². The first-order valence-corrected chi connectivity index (χ1v) is 8.57. The van der Waals surface area contributed by atoms with E-state index < -0.39 is 0 Å². The van der Waals surface area contributed by atoms with Crippen LogP contribution in [0.25, 0.3) is 0 Å². The van der Waals surface area contributed by atoms with Crippen LogP contribution < -0.4 is 5.32 Å². The molecule has 106 valence electrons. The SMILES string of the molecule is CC(C)CN(Cc1ccc(CNC2CC2)s1)C1CC1. The normalized spacial score (nSPS) is 19.6. The van der Waals surface area contributed by atoms with Crippen molar-refractivity contribution in [2.75, 3.05) is 6.54 Å². The van der Waals surface area contributed by atoms with Crippen molar-refractivity contribution >= 4 is 11.3 Å². The summed E-state index contributed by atoms with van der Waals surface area (Å²) in [5, 5.41) is 3.60. The molecule has 2 fully saturated rings. The second kappa shape index (κ2) is 5.94. The molecule has 2 aliphatic rings. The molecular weight excluding hydrogens is 252 g/mol. The summed E-state index contributed by atoms with van der Waals surface area (Å²) in [6.45, 7) is 8.14. The fraction of sp³-hybridized carbons (Fsp3) is 0.750. The summed E-state index contributed by atoms with van der Waals surface area (Å²) in [5.41, 5.74) is 0. The van der Waals surface area contributed by atoms with Gasteiger partial charge < -0.3 is 5.32 Å². The highest BCUT2D eigenvalue weighted by molar-refractivity contribution is 7.11. The zero-order chi connectivity index (χ0) is 13.2. The minimum Gasteiger partial charge on any atom is -0.309 e. The molecule has 0 aromatic carbocycles. The highest BCUT2D eigenvalue weighted by Gasteiger charge is 2.29. The molecule has 3 heteroatoms. The average molecular weight is 278 g/mol. The van der Waals surface area contributed by atoms with Crippen LogP contribution in [0, 0.1) is 5.92 Å². The van der Waals surface area contributed by atoms with Gasteiger partial charge in [0.25, 0.3) is 0 Å². The van der Waals surface area contributed by atoms with Gasteiger partial charge in [-0.15, -0.1) is 11.3 Å². The van der Waals surface area contributed by atoms with Gasteiger partial charge in [-0.3, -0.25) is 4.90 Å². The third-order valence-corrected chi connectivity index (χ3v) is 4.95. The fourth-order valence-corrected chi connectivity index (χ4v) is 3.58. The van der Waals surface area contributed by atoms with Crippen molar-refractivity contribution < 1.29 is 0 Å². The lowest BCUT2D eigenvalue weighted by atomic mass is 10.2. The smallest absolute Gasteiger partial charge is 0.0331 e. The van der Waals surface area contributed by atoms with E-state index in [2.05, 4.69) is 36.2 Å². The Labute approximate surface area is 121 Å². The molecule has 0 aliphatic heterocycles. The van der Waals surface area contributed by atoms with E-state index in [4.69, 9.17) is 0 Å². The molecule has 0 spiro atoms. The van der Waals surface area contributed by atoms with E-state index in [1.165, 1.54) is 37.1 Å². The van der Waals surface area contributed by atoms with Crippen LogP contribution in [-0.2, 0) is 13.1 Å². The van der Waals surface area contributed by atoms with E-state index >= 15 is 0 Å². The summed E-state index contributed by atoms with van der Waals surface area (Å²) in [7, 11) is 0. The van der Waals surface area contributed by atoms with E-state index in [0.29, 0.717) is 0 Å². The average Bonchev–Trinajstić information content (AvgIpc) is 3.26.